The summed E-state index contributed by atoms with van der Waals surface area (Å²) in [6.45, 7) is 1.56. The lowest BCUT2D eigenvalue weighted by Gasteiger charge is -2.19. The van der Waals surface area contributed by atoms with Crippen molar-refractivity contribution in [2.75, 3.05) is 42.8 Å². The van der Waals surface area contributed by atoms with Gasteiger partial charge in [-0.15, -0.1) is 0 Å². The van der Waals surface area contributed by atoms with E-state index in [1.54, 1.807) is 0 Å². The maximum absolute atomic E-state index is 14.5. The highest BCUT2D eigenvalue weighted by Crippen LogP contribution is 2.34. The highest BCUT2D eigenvalue weighted by Gasteiger charge is 2.18. The number of amides is 1. The maximum Gasteiger partial charge on any atom is 0.253 e. The first kappa shape index (κ1) is 21.6. The van der Waals surface area contributed by atoms with Gasteiger partial charge in [-0.1, -0.05) is 17.7 Å². The third-order valence-electron chi connectivity index (χ3n) is 4.99. The molecule has 3 N–H and O–H groups in total. The molecule has 0 fully saturated rings. The smallest absolute Gasteiger partial charge is 0.253 e. The molecule has 4 rings (SSSR count). The van der Waals surface area contributed by atoms with Gasteiger partial charge in [-0.25, -0.2) is 9.37 Å². The Morgan fingerprint density at radius 1 is 1.25 bits per heavy atom. The molecule has 0 bridgehead atoms. The van der Waals surface area contributed by atoms with E-state index in [1.165, 1.54) is 31.4 Å². The Kier molecular flexibility index (Phi) is 6.27. The first-order valence-electron chi connectivity index (χ1n) is 10.0. The molecule has 10 heteroatoms. The Labute approximate surface area is 189 Å². The molecule has 0 unspecified atom stereocenters. The van der Waals surface area contributed by atoms with Crippen molar-refractivity contribution in [1.29, 1.82) is 0 Å². The number of fused-ring (bicyclic) bond motifs is 1. The number of anilines is 5. The van der Waals surface area contributed by atoms with Crippen LogP contribution in [0.3, 0.4) is 0 Å². The van der Waals surface area contributed by atoms with E-state index in [0.29, 0.717) is 6.61 Å². The normalized spacial score (nSPS) is 12.9. The highest BCUT2D eigenvalue weighted by atomic mass is 35.5. The summed E-state index contributed by atoms with van der Waals surface area (Å²) in [5.41, 5.74) is 1.82. The van der Waals surface area contributed by atoms with Crippen molar-refractivity contribution >= 4 is 46.3 Å². The van der Waals surface area contributed by atoms with E-state index < -0.39 is 11.7 Å². The molecular weight excluding hydrogens is 435 g/mol. The number of halogens is 2. The van der Waals surface area contributed by atoms with Gasteiger partial charge in [-0.2, -0.15) is 4.98 Å². The van der Waals surface area contributed by atoms with Crippen molar-refractivity contribution in [2.45, 2.75) is 6.42 Å². The monoisotopic (exact) mass is 456 g/mol. The number of carbonyl (C=O) groups is 1. The van der Waals surface area contributed by atoms with Crippen LogP contribution in [0.4, 0.5) is 33.2 Å². The Balaban J connectivity index is 1.62. The highest BCUT2D eigenvalue weighted by molar-refractivity contribution is 6.33. The molecule has 0 saturated carbocycles. The Morgan fingerprint density at radius 3 is 2.91 bits per heavy atom. The van der Waals surface area contributed by atoms with Crippen molar-refractivity contribution in [3.8, 4) is 5.75 Å². The van der Waals surface area contributed by atoms with Crippen LogP contribution < -0.4 is 25.6 Å². The van der Waals surface area contributed by atoms with Crippen LogP contribution in [0.1, 0.15) is 16.8 Å². The minimum atomic E-state index is -0.607. The lowest BCUT2D eigenvalue weighted by atomic mass is 10.1. The van der Waals surface area contributed by atoms with E-state index in [9.17, 15) is 9.18 Å². The molecule has 1 aromatic heterocycles. The fraction of sp³-hybridized carbons (Fsp3) is 0.227. The van der Waals surface area contributed by atoms with Crippen molar-refractivity contribution in [1.82, 2.24) is 15.3 Å². The number of hydrogen-bond acceptors (Lipinski definition) is 7. The summed E-state index contributed by atoms with van der Waals surface area (Å²) in [6, 6.07) is 9.92. The molecule has 2 aromatic carbocycles. The fourth-order valence-corrected chi connectivity index (χ4v) is 3.50. The molecule has 1 aliphatic rings. The Morgan fingerprint density at radius 2 is 2.09 bits per heavy atom. The lowest BCUT2D eigenvalue weighted by molar-refractivity contribution is 0.0963. The van der Waals surface area contributed by atoms with Gasteiger partial charge in [-0.05, 0) is 36.8 Å². The predicted octanol–water partition coefficient (Wildman–Crippen LogP) is 4.33. The van der Waals surface area contributed by atoms with E-state index >= 15 is 0 Å². The molecule has 32 heavy (non-hydrogen) atoms. The zero-order valence-electron chi connectivity index (χ0n) is 17.6. The standard InChI is InChI=1S/C22H22ClFN6O2/c1-25-21(31)14-5-3-6-16(24)19(14)28-20-15(23)12-26-22(29-20)27-13-7-8-18-17(11-13)30(2)9-4-10-32-18/h3,5-8,11-12H,4,9-10H2,1-2H3,(H,25,31)(H2,26,27,28,29). The molecule has 0 spiro atoms. The first-order chi connectivity index (χ1) is 15.5. The van der Waals surface area contributed by atoms with Crippen molar-refractivity contribution in [3.63, 3.8) is 0 Å². The van der Waals surface area contributed by atoms with Crippen LogP contribution in [0.2, 0.25) is 5.02 Å². The average Bonchev–Trinajstić information content (AvgIpc) is 2.98. The second-order valence-corrected chi connectivity index (χ2v) is 7.59. The summed E-state index contributed by atoms with van der Waals surface area (Å²) >= 11 is 6.24. The summed E-state index contributed by atoms with van der Waals surface area (Å²) < 4.78 is 20.3. The number of ether oxygens (including phenoxy) is 1. The van der Waals surface area contributed by atoms with E-state index in [1.807, 2.05) is 25.2 Å². The molecule has 166 valence electrons. The van der Waals surface area contributed by atoms with Crippen LogP contribution in [-0.4, -0.2) is 43.1 Å². The summed E-state index contributed by atoms with van der Waals surface area (Å²) in [6.07, 6.45) is 2.34. The number of nitrogens with zero attached hydrogens (tertiary/aromatic N) is 3. The molecule has 1 amide bonds. The van der Waals surface area contributed by atoms with Crippen LogP contribution in [0.5, 0.6) is 5.75 Å². The molecule has 0 radical (unpaired) electrons. The van der Waals surface area contributed by atoms with Crippen LogP contribution >= 0.6 is 11.6 Å². The second-order valence-electron chi connectivity index (χ2n) is 7.19. The number of hydrogen-bond donors (Lipinski definition) is 3. The minimum absolute atomic E-state index is 0.0257. The SMILES string of the molecule is CNC(=O)c1cccc(F)c1Nc1nc(Nc2ccc3c(c2)N(C)CCCO3)ncc1Cl. The summed E-state index contributed by atoms with van der Waals surface area (Å²) in [4.78, 5) is 22.8. The largest absolute Gasteiger partial charge is 0.491 e. The van der Waals surface area contributed by atoms with E-state index in [-0.39, 0.29) is 28.0 Å². The molecule has 1 aliphatic heterocycles. The van der Waals surface area contributed by atoms with Gasteiger partial charge in [0.2, 0.25) is 5.95 Å². The predicted molar refractivity (Wildman–Crippen MR) is 123 cm³/mol. The second kappa shape index (κ2) is 9.27. The van der Waals surface area contributed by atoms with Gasteiger partial charge in [0.1, 0.15) is 16.6 Å². The van der Waals surface area contributed by atoms with Gasteiger partial charge in [-0.3, -0.25) is 4.79 Å². The first-order valence-corrected chi connectivity index (χ1v) is 10.4. The Hall–Kier alpha value is -3.59. The molecule has 0 aliphatic carbocycles. The minimum Gasteiger partial charge on any atom is -0.491 e. The molecule has 0 saturated heterocycles. The molecule has 8 nitrogen and oxygen atoms in total. The van der Waals surface area contributed by atoms with E-state index in [4.69, 9.17) is 16.3 Å². The van der Waals surface area contributed by atoms with Crippen LogP contribution in [-0.2, 0) is 0 Å². The zero-order valence-corrected chi connectivity index (χ0v) is 18.3. The van der Waals surface area contributed by atoms with Crippen molar-refractivity contribution in [3.05, 3.63) is 59.0 Å². The van der Waals surface area contributed by atoms with Crippen molar-refractivity contribution in [2.24, 2.45) is 0 Å². The molecule has 3 aromatic rings. The number of para-hydroxylation sites is 1. The molecule has 0 atom stereocenters. The van der Waals surface area contributed by atoms with Crippen LogP contribution in [0.25, 0.3) is 0 Å². The average molecular weight is 457 g/mol. The number of benzene rings is 2. The quantitative estimate of drug-likeness (QED) is 0.526. The van der Waals surface area contributed by atoms with E-state index in [2.05, 4.69) is 30.8 Å². The number of nitrogens with one attached hydrogen (secondary N) is 3. The number of rotatable bonds is 5. The van der Waals surface area contributed by atoms with Gasteiger partial charge in [0, 0.05) is 26.3 Å². The zero-order chi connectivity index (χ0) is 22.7. The van der Waals surface area contributed by atoms with Gasteiger partial charge >= 0.3 is 0 Å². The van der Waals surface area contributed by atoms with Crippen LogP contribution in [0.15, 0.2) is 42.6 Å². The van der Waals surface area contributed by atoms with Gasteiger partial charge < -0.3 is 25.6 Å². The van der Waals surface area contributed by atoms with Gasteiger partial charge in [0.25, 0.3) is 5.91 Å². The maximum atomic E-state index is 14.5. The lowest BCUT2D eigenvalue weighted by Crippen LogP contribution is -2.19. The third-order valence-corrected chi connectivity index (χ3v) is 5.27. The number of aromatic nitrogens is 2. The van der Waals surface area contributed by atoms with E-state index in [0.717, 1.165) is 30.1 Å². The van der Waals surface area contributed by atoms with Gasteiger partial charge in [0.05, 0.1) is 29.7 Å². The summed E-state index contributed by atoms with van der Waals surface area (Å²) in [5, 5.41) is 8.63. The fourth-order valence-electron chi connectivity index (χ4n) is 3.36. The number of carbonyl (C=O) groups excluding carboxylic acids is 1. The van der Waals surface area contributed by atoms with Crippen molar-refractivity contribution < 1.29 is 13.9 Å². The molecule has 2 heterocycles. The molecular formula is C22H22ClFN6O2. The van der Waals surface area contributed by atoms with Gasteiger partial charge in [0.15, 0.2) is 5.82 Å². The summed E-state index contributed by atoms with van der Waals surface area (Å²) in [5.74, 6) is 0.189. The summed E-state index contributed by atoms with van der Waals surface area (Å²) in [7, 11) is 3.48. The van der Waals surface area contributed by atoms with Crippen LogP contribution in [0, 0.1) is 5.82 Å². The Bertz CT molecular complexity index is 1160. The third kappa shape index (κ3) is 4.52. The topological polar surface area (TPSA) is 91.4 Å².